The SMILES string of the molecule is COCCOCCCOCC(C)=CC(=O)O. The van der Waals surface area contributed by atoms with Crippen molar-refractivity contribution in [2.75, 3.05) is 40.1 Å². The van der Waals surface area contributed by atoms with Crippen LogP contribution >= 0.6 is 0 Å². The number of aliphatic carboxylic acids is 1. The molecule has 0 amide bonds. The molecule has 16 heavy (non-hydrogen) atoms. The van der Waals surface area contributed by atoms with Crippen LogP contribution in [0.4, 0.5) is 0 Å². The van der Waals surface area contributed by atoms with Crippen molar-refractivity contribution in [1.82, 2.24) is 0 Å². The van der Waals surface area contributed by atoms with E-state index >= 15 is 0 Å². The third-order valence-electron chi connectivity index (χ3n) is 1.71. The van der Waals surface area contributed by atoms with Crippen LogP contribution < -0.4 is 0 Å². The number of methoxy groups -OCH3 is 1. The molecule has 5 nitrogen and oxygen atoms in total. The topological polar surface area (TPSA) is 65.0 Å². The molecular formula is C11H20O5. The minimum atomic E-state index is -0.941. The highest BCUT2D eigenvalue weighted by atomic mass is 16.5. The third-order valence-corrected chi connectivity index (χ3v) is 1.71. The molecule has 0 saturated carbocycles. The number of carboxylic acid groups (broad SMARTS) is 1. The molecule has 0 unspecified atom stereocenters. The Balaban J connectivity index is 3.24. The number of carbonyl (C=O) groups is 1. The molecule has 94 valence electrons. The van der Waals surface area contributed by atoms with Crippen molar-refractivity contribution in [3.05, 3.63) is 11.6 Å². The lowest BCUT2D eigenvalue weighted by Crippen LogP contribution is -2.06. The van der Waals surface area contributed by atoms with Gasteiger partial charge in [0.05, 0.1) is 19.8 Å². The first-order valence-corrected chi connectivity index (χ1v) is 5.21. The molecule has 0 saturated heterocycles. The van der Waals surface area contributed by atoms with Crippen molar-refractivity contribution in [2.24, 2.45) is 0 Å². The maximum atomic E-state index is 10.3. The smallest absolute Gasteiger partial charge is 0.328 e. The summed E-state index contributed by atoms with van der Waals surface area (Å²) in [6.07, 6.45) is 1.94. The van der Waals surface area contributed by atoms with Gasteiger partial charge in [0.1, 0.15) is 0 Å². The van der Waals surface area contributed by atoms with Crippen molar-refractivity contribution in [3.63, 3.8) is 0 Å². The molecule has 0 aliphatic rings. The van der Waals surface area contributed by atoms with Crippen LogP contribution in [0, 0.1) is 0 Å². The second-order valence-corrected chi connectivity index (χ2v) is 3.34. The van der Waals surface area contributed by atoms with E-state index in [1.54, 1.807) is 14.0 Å². The van der Waals surface area contributed by atoms with Gasteiger partial charge in [0.25, 0.3) is 0 Å². The first-order chi connectivity index (χ1) is 7.66. The highest BCUT2D eigenvalue weighted by Crippen LogP contribution is 1.94. The minimum Gasteiger partial charge on any atom is -0.478 e. The van der Waals surface area contributed by atoms with Crippen LogP contribution in [0.2, 0.25) is 0 Å². The Labute approximate surface area is 96.0 Å². The maximum absolute atomic E-state index is 10.3. The first-order valence-electron chi connectivity index (χ1n) is 5.21. The van der Waals surface area contributed by atoms with E-state index in [1.165, 1.54) is 0 Å². The Morgan fingerprint density at radius 2 is 1.88 bits per heavy atom. The van der Waals surface area contributed by atoms with Crippen LogP contribution in [0.1, 0.15) is 13.3 Å². The van der Waals surface area contributed by atoms with Crippen LogP contribution in [-0.4, -0.2) is 51.2 Å². The molecule has 0 fully saturated rings. The van der Waals surface area contributed by atoms with Crippen LogP contribution in [0.15, 0.2) is 11.6 Å². The number of carboxylic acids is 1. The molecule has 0 heterocycles. The van der Waals surface area contributed by atoms with Crippen LogP contribution in [0.25, 0.3) is 0 Å². The third kappa shape index (κ3) is 11.2. The van der Waals surface area contributed by atoms with E-state index in [0.717, 1.165) is 12.5 Å². The van der Waals surface area contributed by atoms with Gasteiger partial charge in [-0.2, -0.15) is 0 Å². The van der Waals surface area contributed by atoms with Gasteiger partial charge in [-0.3, -0.25) is 0 Å². The average molecular weight is 232 g/mol. The molecule has 1 N–H and O–H groups in total. The fourth-order valence-corrected chi connectivity index (χ4v) is 0.993. The summed E-state index contributed by atoms with van der Waals surface area (Å²) in [6, 6.07) is 0. The Morgan fingerprint density at radius 3 is 2.50 bits per heavy atom. The number of ether oxygens (including phenoxy) is 3. The van der Waals surface area contributed by atoms with Gasteiger partial charge in [0, 0.05) is 26.4 Å². The van der Waals surface area contributed by atoms with Gasteiger partial charge >= 0.3 is 5.97 Å². The van der Waals surface area contributed by atoms with E-state index in [1.807, 2.05) is 0 Å². The molecule has 0 aliphatic heterocycles. The molecule has 0 aromatic rings. The highest BCUT2D eigenvalue weighted by molar-refractivity contribution is 5.80. The lowest BCUT2D eigenvalue weighted by atomic mass is 10.3. The zero-order valence-corrected chi connectivity index (χ0v) is 9.90. The van der Waals surface area contributed by atoms with Crippen molar-refractivity contribution in [1.29, 1.82) is 0 Å². The Bertz CT molecular complexity index is 212. The lowest BCUT2D eigenvalue weighted by Gasteiger charge is -2.05. The highest BCUT2D eigenvalue weighted by Gasteiger charge is 1.95. The summed E-state index contributed by atoms with van der Waals surface area (Å²) in [5, 5.41) is 8.44. The predicted molar refractivity (Wildman–Crippen MR) is 59.5 cm³/mol. The Morgan fingerprint density at radius 1 is 1.19 bits per heavy atom. The molecule has 5 heteroatoms. The van der Waals surface area contributed by atoms with Gasteiger partial charge in [-0.05, 0) is 18.9 Å². The summed E-state index contributed by atoms with van der Waals surface area (Å²) < 4.78 is 15.3. The minimum absolute atomic E-state index is 0.352. The fraction of sp³-hybridized carbons (Fsp3) is 0.727. The second kappa shape index (κ2) is 10.6. The van der Waals surface area contributed by atoms with Crippen molar-refractivity contribution in [2.45, 2.75) is 13.3 Å². The molecule has 0 rings (SSSR count). The van der Waals surface area contributed by atoms with Gasteiger partial charge in [0.15, 0.2) is 0 Å². The summed E-state index contributed by atoms with van der Waals surface area (Å²) in [7, 11) is 1.63. The van der Waals surface area contributed by atoms with Crippen LogP contribution in [0.3, 0.4) is 0 Å². The molecule has 0 spiro atoms. The summed E-state index contributed by atoms with van der Waals surface area (Å²) in [5.74, 6) is -0.941. The number of hydrogen-bond acceptors (Lipinski definition) is 4. The predicted octanol–water partition coefficient (Wildman–Crippen LogP) is 1.09. The van der Waals surface area contributed by atoms with Gasteiger partial charge in [-0.25, -0.2) is 4.79 Å². The van der Waals surface area contributed by atoms with E-state index < -0.39 is 5.97 Å². The van der Waals surface area contributed by atoms with Gasteiger partial charge in [0.2, 0.25) is 0 Å². The Hall–Kier alpha value is -0.910. The summed E-state index contributed by atoms with van der Waals surface area (Å²) >= 11 is 0. The number of rotatable bonds is 10. The zero-order chi connectivity index (χ0) is 12.2. The van der Waals surface area contributed by atoms with E-state index in [2.05, 4.69) is 0 Å². The van der Waals surface area contributed by atoms with E-state index in [4.69, 9.17) is 19.3 Å². The van der Waals surface area contributed by atoms with E-state index in [0.29, 0.717) is 38.6 Å². The standard InChI is InChI=1S/C11H20O5/c1-10(8-11(12)13)9-16-5-3-4-15-7-6-14-2/h8H,3-7,9H2,1-2H3,(H,12,13). The van der Waals surface area contributed by atoms with Gasteiger partial charge in [-0.1, -0.05) is 0 Å². The van der Waals surface area contributed by atoms with Crippen molar-refractivity contribution in [3.8, 4) is 0 Å². The second-order valence-electron chi connectivity index (χ2n) is 3.34. The zero-order valence-electron chi connectivity index (χ0n) is 9.90. The molecule has 0 atom stereocenters. The molecule has 0 bridgehead atoms. The van der Waals surface area contributed by atoms with Crippen molar-refractivity contribution < 1.29 is 24.1 Å². The summed E-state index contributed by atoms with van der Waals surface area (Å²) in [4.78, 5) is 10.3. The van der Waals surface area contributed by atoms with E-state index in [9.17, 15) is 4.79 Å². The lowest BCUT2D eigenvalue weighted by molar-refractivity contribution is -0.131. The van der Waals surface area contributed by atoms with Crippen LogP contribution in [0.5, 0.6) is 0 Å². The quantitative estimate of drug-likeness (QED) is 0.451. The number of hydrogen-bond donors (Lipinski definition) is 1. The molecule has 0 aromatic heterocycles. The molecule has 0 aromatic carbocycles. The summed E-state index contributed by atoms with van der Waals surface area (Å²) in [6.45, 7) is 4.46. The largest absolute Gasteiger partial charge is 0.478 e. The summed E-state index contributed by atoms with van der Waals surface area (Å²) in [5.41, 5.74) is 0.702. The Kier molecular flexibility index (Phi) is 10.00. The average Bonchev–Trinajstić information content (AvgIpc) is 2.21. The first kappa shape index (κ1) is 15.1. The van der Waals surface area contributed by atoms with Gasteiger partial charge < -0.3 is 19.3 Å². The fourth-order valence-electron chi connectivity index (χ4n) is 0.993. The van der Waals surface area contributed by atoms with Crippen molar-refractivity contribution >= 4 is 5.97 Å². The molecular weight excluding hydrogens is 212 g/mol. The molecule has 0 aliphatic carbocycles. The monoisotopic (exact) mass is 232 g/mol. The van der Waals surface area contributed by atoms with Gasteiger partial charge in [-0.15, -0.1) is 0 Å². The molecule has 0 radical (unpaired) electrons. The maximum Gasteiger partial charge on any atom is 0.328 e. The van der Waals surface area contributed by atoms with E-state index in [-0.39, 0.29) is 0 Å². The van der Waals surface area contributed by atoms with Crippen LogP contribution in [-0.2, 0) is 19.0 Å². The normalized spacial score (nSPS) is 11.8.